The van der Waals surface area contributed by atoms with Crippen LogP contribution in [0, 0.1) is 5.41 Å². The van der Waals surface area contributed by atoms with Gasteiger partial charge in [-0.2, -0.15) is 0 Å². The van der Waals surface area contributed by atoms with Crippen LogP contribution in [0.25, 0.3) is 0 Å². The minimum absolute atomic E-state index is 0.127. The first kappa shape index (κ1) is 14.1. The molecule has 88 valence electrons. The quantitative estimate of drug-likeness (QED) is 0.616. The summed E-state index contributed by atoms with van der Waals surface area (Å²) in [4.78, 5) is 12.6. The molecular weight excluding hydrogens is 192 g/mol. The van der Waals surface area contributed by atoms with Gasteiger partial charge in [-0.1, -0.05) is 20.4 Å². The minimum atomic E-state index is -0.937. The first-order valence-corrected chi connectivity index (χ1v) is 5.01. The normalized spacial score (nSPS) is 11.8. The van der Waals surface area contributed by atoms with E-state index in [0.29, 0.717) is 6.54 Å². The van der Waals surface area contributed by atoms with Crippen LogP contribution in [0.15, 0.2) is 12.2 Å². The number of aliphatic carboxylic acids is 1. The van der Waals surface area contributed by atoms with Gasteiger partial charge in [0.25, 0.3) is 0 Å². The van der Waals surface area contributed by atoms with Gasteiger partial charge in [0.2, 0.25) is 0 Å². The van der Waals surface area contributed by atoms with Gasteiger partial charge in [0.05, 0.1) is 0 Å². The van der Waals surface area contributed by atoms with Crippen molar-refractivity contribution in [3.8, 4) is 0 Å². The van der Waals surface area contributed by atoms with Crippen molar-refractivity contribution in [3.63, 3.8) is 0 Å². The molecule has 4 nitrogen and oxygen atoms in total. The maximum Gasteiger partial charge on any atom is 0.332 e. The van der Waals surface area contributed by atoms with Crippen LogP contribution in [0.2, 0.25) is 0 Å². The lowest BCUT2D eigenvalue weighted by Gasteiger charge is -2.28. The minimum Gasteiger partial charge on any atom is -0.478 e. The molecule has 0 rings (SSSR count). The van der Waals surface area contributed by atoms with E-state index in [1.165, 1.54) is 0 Å². The fourth-order valence-electron chi connectivity index (χ4n) is 1.54. The van der Waals surface area contributed by atoms with Crippen molar-refractivity contribution in [2.45, 2.75) is 13.8 Å². The van der Waals surface area contributed by atoms with E-state index in [2.05, 4.69) is 30.6 Å². The Morgan fingerprint density at radius 1 is 1.47 bits per heavy atom. The van der Waals surface area contributed by atoms with Gasteiger partial charge in [0.15, 0.2) is 0 Å². The van der Waals surface area contributed by atoms with Gasteiger partial charge in [-0.05, 0) is 19.5 Å². The number of hydrogen-bond acceptors (Lipinski definition) is 3. The number of carbonyl (C=O) groups is 1. The first-order chi connectivity index (χ1) is 6.74. The highest BCUT2D eigenvalue weighted by molar-refractivity contribution is 5.86. The van der Waals surface area contributed by atoms with Crippen molar-refractivity contribution in [1.29, 1.82) is 0 Å². The van der Waals surface area contributed by atoms with Crippen LogP contribution in [-0.4, -0.2) is 49.7 Å². The van der Waals surface area contributed by atoms with Crippen molar-refractivity contribution in [2.24, 2.45) is 5.41 Å². The maximum absolute atomic E-state index is 10.5. The monoisotopic (exact) mass is 214 g/mol. The highest BCUT2D eigenvalue weighted by Gasteiger charge is 2.18. The summed E-state index contributed by atoms with van der Waals surface area (Å²) in [7, 11) is 4.05. The van der Waals surface area contributed by atoms with Crippen LogP contribution in [-0.2, 0) is 4.79 Å². The van der Waals surface area contributed by atoms with Crippen molar-refractivity contribution in [3.05, 3.63) is 12.2 Å². The molecule has 0 saturated carbocycles. The number of nitrogens with zero attached hydrogens (tertiary/aromatic N) is 1. The summed E-state index contributed by atoms with van der Waals surface area (Å²) in [6.45, 7) is 9.82. The number of carboxylic acids is 1. The maximum atomic E-state index is 10.5. The van der Waals surface area contributed by atoms with E-state index >= 15 is 0 Å². The van der Waals surface area contributed by atoms with Gasteiger partial charge >= 0.3 is 5.97 Å². The number of rotatable bonds is 7. The Balaban J connectivity index is 3.84. The molecule has 0 aromatic rings. The van der Waals surface area contributed by atoms with Crippen LogP contribution in [0.5, 0.6) is 0 Å². The smallest absolute Gasteiger partial charge is 0.332 e. The molecule has 0 saturated heterocycles. The summed E-state index contributed by atoms with van der Waals surface area (Å²) in [5, 5.41) is 11.7. The van der Waals surface area contributed by atoms with Crippen molar-refractivity contribution >= 4 is 5.97 Å². The molecule has 0 bridgehead atoms. The molecular formula is C11H22N2O2. The Kier molecular flexibility index (Phi) is 5.54. The summed E-state index contributed by atoms with van der Waals surface area (Å²) in [6, 6.07) is 0. The second-order valence-corrected chi connectivity index (χ2v) is 4.91. The summed E-state index contributed by atoms with van der Waals surface area (Å²) >= 11 is 0. The topological polar surface area (TPSA) is 52.6 Å². The zero-order chi connectivity index (χ0) is 12.1. The van der Waals surface area contributed by atoms with E-state index in [1.54, 1.807) is 0 Å². The van der Waals surface area contributed by atoms with Gasteiger partial charge < -0.3 is 15.3 Å². The highest BCUT2D eigenvalue weighted by Crippen LogP contribution is 2.13. The number of carboxylic acid groups (broad SMARTS) is 1. The molecule has 0 heterocycles. The summed E-state index contributed by atoms with van der Waals surface area (Å²) in [5.41, 5.74) is 0.332. The standard InChI is InChI=1S/C11H22N2O2/c1-9(10(14)15)6-12-7-11(2,3)8-13(4)5/h12H,1,6-8H2,2-5H3,(H,14,15). The van der Waals surface area contributed by atoms with Crippen molar-refractivity contribution in [1.82, 2.24) is 10.2 Å². The van der Waals surface area contributed by atoms with Crippen molar-refractivity contribution in [2.75, 3.05) is 33.7 Å². The molecule has 0 atom stereocenters. The molecule has 4 heteroatoms. The molecule has 0 aliphatic rings. The fraction of sp³-hybridized carbons (Fsp3) is 0.727. The Morgan fingerprint density at radius 3 is 2.40 bits per heavy atom. The van der Waals surface area contributed by atoms with Crippen LogP contribution in [0.1, 0.15) is 13.8 Å². The first-order valence-electron chi connectivity index (χ1n) is 5.01. The lowest BCUT2D eigenvalue weighted by Crippen LogP contribution is -2.38. The SMILES string of the molecule is C=C(CNCC(C)(C)CN(C)C)C(=O)O. The Hall–Kier alpha value is -0.870. The second kappa shape index (κ2) is 5.88. The molecule has 0 aromatic carbocycles. The zero-order valence-corrected chi connectivity index (χ0v) is 10.1. The van der Waals surface area contributed by atoms with Crippen LogP contribution in [0.3, 0.4) is 0 Å². The average molecular weight is 214 g/mol. The van der Waals surface area contributed by atoms with Crippen LogP contribution in [0.4, 0.5) is 0 Å². The molecule has 15 heavy (non-hydrogen) atoms. The van der Waals surface area contributed by atoms with E-state index in [-0.39, 0.29) is 11.0 Å². The molecule has 0 aliphatic carbocycles. The Labute approximate surface area is 92.0 Å². The molecule has 2 N–H and O–H groups in total. The predicted molar refractivity (Wildman–Crippen MR) is 62.0 cm³/mol. The second-order valence-electron chi connectivity index (χ2n) is 4.91. The van der Waals surface area contributed by atoms with E-state index in [0.717, 1.165) is 13.1 Å². The average Bonchev–Trinajstić information content (AvgIpc) is 2.00. The number of hydrogen-bond donors (Lipinski definition) is 2. The van der Waals surface area contributed by atoms with E-state index in [1.807, 2.05) is 14.1 Å². The molecule has 0 fully saturated rings. The van der Waals surface area contributed by atoms with Gasteiger partial charge in [0.1, 0.15) is 0 Å². The zero-order valence-electron chi connectivity index (χ0n) is 10.1. The summed E-state index contributed by atoms with van der Waals surface area (Å²) in [5.74, 6) is -0.937. The molecule has 0 radical (unpaired) electrons. The largest absolute Gasteiger partial charge is 0.478 e. The third kappa shape index (κ3) is 7.11. The summed E-state index contributed by atoms with van der Waals surface area (Å²) < 4.78 is 0. The van der Waals surface area contributed by atoms with E-state index < -0.39 is 5.97 Å². The van der Waals surface area contributed by atoms with Crippen LogP contribution >= 0.6 is 0 Å². The van der Waals surface area contributed by atoms with Gasteiger partial charge in [-0.3, -0.25) is 0 Å². The van der Waals surface area contributed by atoms with Crippen LogP contribution < -0.4 is 5.32 Å². The lowest BCUT2D eigenvalue weighted by molar-refractivity contribution is -0.132. The third-order valence-corrected chi connectivity index (χ3v) is 1.99. The molecule has 0 aromatic heterocycles. The highest BCUT2D eigenvalue weighted by atomic mass is 16.4. The molecule has 0 unspecified atom stereocenters. The number of nitrogens with one attached hydrogen (secondary N) is 1. The lowest BCUT2D eigenvalue weighted by atomic mass is 9.93. The van der Waals surface area contributed by atoms with Gasteiger partial charge in [-0.25, -0.2) is 4.79 Å². The summed E-state index contributed by atoms with van der Waals surface area (Å²) in [6.07, 6.45) is 0. The Bertz CT molecular complexity index is 235. The predicted octanol–water partition coefficient (Wildman–Crippen LogP) is 0.805. The fourth-order valence-corrected chi connectivity index (χ4v) is 1.54. The molecule has 0 aliphatic heterocycles. The van der Waals surface area contributed by atoms with Gasteiger partial charge in [0, 0.05) is 25.2 Å². The van der Waals surface area contributed by atoms with Gasteiger partial charge in [-0.15, -0.1) is 0 Å². The molecule has 0 spiro atoms. The molecule has 0 amide bonds. The van der Waals surface area contributed by atoms with E-state index in [4.69, 9.17) is 5.11 Å². The van der Waals surface area contributed by atoms with Crippen molar-refractivity contribution < 1.29 is 9.90 Å². The van der Waals surface area contributed by atoms with E-state index in [9.17, 15) is 4.79 Å². The third-order valence-electron chi connectivity index (χ3n) is 1.99. The Morgan fingerprint density at radius 2 is 2.00 bits per heavy atom.